The van der Waals surface area contributed by atoms with Gasteiger partial charge in [0.15, 0.2) is 34.6 Å². The van der Waals surface area contributed by atoms with Crippen LogP contribution in [0, 0.1) is 19.7 Å². The first-order valence-corrected chi connectivity index (χ1v) is 45.9. The first-order chi connectivity index (χ1) is 63.5. The fraction of sp³-hybridized carbons (Fsp3) is 0.423. The van der Waals surface area contributed by atoms with Gasteiger partial charge < -0.3 is 46.5 Å². The third kappa shape index (κ3) is 34.4. The maximum absolute atomic E-state index is 13.7. The largest absolute Gasteiger partial charge is 0.397 e. The molecule has 137 heavy (non-hydrogen) atoms. The molecule has 1 amide bonds. The van der Waals surface area contributed by atoms with Gasteiger partial charge in [0.05, 0.1) is 14.2 Å². The monoisotopic (exact) mass is 1870 g/mol. The van der Waals surface area contributed by atoms with Gasteiger partial charge in [-0.25, -0.2) is 19.7 Å². The second kappa shape index (κ2) is 47.7. The van der Waals surface area contributed by atoms with E-state index in [-0.39, 0.29) is 66.2 Å². The summed E-state index contributed by atoms with van der Waals surface area (Å²) in [6.45, 7) is 65.2. The van der Waals surface area contributed by atoms with Gasteiger partial charge in [-0.3, -0.25) is 24.5 Å². The van der Waals surface area contributed by atoms with Gasteiger partial charge in [0.1, 0.15) is 36.6 Å². The van der Waals surface area contributed by atoms with Gasteiger partial charge in [0.25, 0.3) is 0 Å². The number of aryl methyl sites for hydroxylation is 2. The van der Waals surface area contributed by atoms with Crippen LogP contribution in [0.2, 0.25) is 0 Å². The molecule has 0 aliphatic carbocycles. The molecule has 2 aromatic heterocycles. The molecule has 0 atom stereocenters. The van der Waals surface area contributed by atoms with Crippen molar-refractivity contribution in [3.63, 3.8) is 0 Å². The zero-order chi connectivity index (χ0) is 103. The van der Waals surface area contributed by atoms with Crippen molar-refractivity contribution in [3.8, 4) is 11.4 Å². The third-order valence-corrected chi connectivity index (χ3v) is 21.9. The number of fused-ring (bicyclic) bond motifs is 1. The molecule has 11 aromatic rings. The van der Waals surface area contributed by atoms with Crippen molar-refractivity contribution in [2.45, 2.75) is 276 Å². The number of nitrogens with two attached hydrogens (primary N) is 4. The summed E-state index contributed by atoms with van der Waals surface area (Å²) in [5, 5.41) is 22.6. The summed E-state index contributed by atoms with van der Waals surface area (Å²) < 4.78 is 23.6. The Morgan fingerprint density at radius 3 is 1.17 bits per heavy atom. The normalized spacial score (nSPS) is 14.1. The minimum absolute atomic E-state index is 0.1000. The molecule has 2 aliphatic rings. The van der Waals surface area contributed by atoms with Gasteiger partial charge in [0, 0.05) is 66.9 Å². The Morgan fingerprint density at radius 1 is 0.460 bits per heavy atom. The second-order valence-corrected chi connectivity index (χ2v) is 42.7. The molecule has 738 valence electrons. The number of aromatic nitrogens is 3. The van der Waals surface area contributed by atoms with E-state index >= 15 is 0 Å². The zero-order valence-electron chi connectivity index (χ0n) is 88.1. The number of nitrogen functional groups attached to an aromatic ring is 1. The van der Waals surface area contributed by atoms with Crippen LogP contribution in [-0.2, 0) is 83.7 Å². The van der Waals surface area contributed by atoms with Gasteiger partial charge in [-0.05, 0) is 140 Å². The molecular formula is C111H153FN16O9. The lowest BCUT2D eigenvalue weighted by molar-refractivity contribution is -0.212. The predicted molar refractivity (Wildman–Crippen MR) is 560 cm³/mol. The minimum atomic E-state index is -0.705. The van der Waals surface area contributed by atoms with Crippen LogP contribution in [-0.4, -0.2) is 113 Å². The van der Waals surface area contributed by atoms with Crippen LogP contribution in [0.4, 0.5) is 10.2 Å². The molecule has 9 N–H and O–H groups in total. The molecule has 0 saturated heterocycles. The first-order valence-electron chi connectivity index (χ1n) is 45.9. The number of hydrogen-bond donors (Lipinski definition) is 5. The highest BCUT2D eigenvalue weighted by molar-refractivity contribution is 6.07. The lowest BCUT2D eigenvalue weighted by atomic mass is 9.86. The summed E-state index contributed by atoms with van der Waals surface area (Å²) >= 11 is 0. The molecule has 0 spiro atoms. The van der Waals surface area contributed by atoms with Crippen molar-refractivity contribution in [2.75, 3.05) is 41.2 Å². The topological polar surface area (TPSA) is 334 Å². The minimum Gasteiger partial charge on any atom is -0.397 e. The summed E-state index contributed by atoms with van der Waals surface area (Å²) in [7, 11) is 8.06. The Labute approximate surface area is 814 Å². The number of benzene rings is 9. The standard InChI is InChI=1S/C19H24N2O.C16H22N2O2.C15H22N2O2.C13H20N2O2.C13H16N2O.2C12H18N2.C11H13FN2O/c1-14-5-7-15(8-6-14)13-22-21-18(20)16-9-11-17(12-10-16)19(2,3)4;1-11(19)18-14(17-16(5,6)20-18)12-7-9-13(10-8-12)15(2,3)4;1-14(2,3)12-9-7-11(8-10-12)13-16-19-15(4,5)17(13)18-6;1-13(2,3)11-8-6-10(7-9-11)12(14-16-4)15-17-5;1-9-14-12(15-16-9)10-5-7-11(8-6-10)13(2,3)4;2*1-12(2,3)10-7-5-9(6-8-10)11(13)14-4;1-11(2,3)6-4-7(12)9-8(5-6)15-14-10(9)13/h5-12H,13H2,1-4H3,(H2,20,21);7-10H,1-6H3;7-10H,1-6H3;6-9H,1-5H3,(H,14,15);5-8H,1-4H3;2*5-8H,1-4H3,(H2,13,14);4-5H,1-3H3,(H2,13,14). The number of carbonyl (C=O) groups excluding carboxylic acids is 1. The fourth-order valence-electron chi connectivity index (χ4n) is 13.2. The number of aliphatic imine (C=N–C) groups is 3. The Bertz CT molecular complexity index is 5790. The van der Waals surface area contributed by atoms with Gasteiger partial charge in [-0.15, -0.1) is 0 Å². The number of amidine groups is 6. The number of carbonyl (C=O) groups is 1. The third-order valence-electron chi connectivity index (χ3n) is 21.9. The Hall–Kier alpha value is -12.9. The number of nitrogens with zero attached hydrogens (tertiary/aromatic N) is 11. The van der Waals surface area contributed by atoms with Gasteiger partial charge in [-0.1, -0.05) is 392 Å². The fourth-order valence-corrected chi connectivity index (χ4v) is 13.2. The van der Waals surface area contributed by atoms with Gasteiger partial charge in [-0.2, -0.15) is 15.1 Å². The van der Waals surface area contributed by atoms with E-state index in [1.54, 1.807) is 39.3 Å². The van der Waals surface area contributed by atoms with Crippen LogP contribution in [0.1, 0.15) is 296 Å². The quantitative estimate of drug-likeness (QED) is 0.0407. The molecule has 9 aromatic carbocycles. The first kappa shape index (κ1) is 113. The molecular weight excluding hydrogens is 1720 g/mol. The predicted octanol–water partition coefficient (Wildman–Crippen LogP) is 23.9. The van der Waals surface area contributed by atoms with E-state index in [2.05, 4.69) is 313 Å². The Morgan fingerprint density at radius 2 is 0.825 bits per heavy atom. The van der Waals surface area contributed by atoms with E-state index < -0.39 is 11.4 Å². The van der Waals surface area contributed by atoms with E-state index in [0.717, 1.165) is 50.1 Å². The van der Waals surface area contributed by atoms with Crippen LogP contribution in [0.15, 0.2) is 246 Å². The van der Waals surface area contributed by atoms with Crippen LogP contribution < -0.4 is 28.4 Å². The average Bonchev–Trinajstić information content (AvgIpc) is 1.68. The summed E-state index contributed by atoms with van der Waals surface area (Å²) in [5.74, 6) is 4.19. The maximum atomic E-state index is 13.7. The van der Waals surface area contributed by atoms with Crippen molar-refractivity contribution in [1.82, 2.24) is 30.9 Å². The summed E-state index contributed by atoms with van der Waals surface area (Å²) in [6, 6.07) is 68.9. The van der Waals surface area contributed by atoms with Crippen molar-refractivity contribution >= 4 is 57.7 Å². The molecule has 4 heterocycles. The number of hydrogen-bond acceptors (Lipinski definition) is 20. The highest BCUT2D eigenvalue weighted by atomic mass is 19.1. The van der Waals surface area contributed by atoms with Crippen molar-refractivity contribution < 1.29 is 47.3 Å². The van der Waals surface area contributed by atoms with Gasteiger partial charge in [0.2, 0.25) is 29.2 Å². The highest BCUT2D eigenvalue weighted by Crippen LogP contribution is 2.35. The molecule has 26 heteroatoms. The smallest absolute Gasteiger partial charge is 0.249 e. The maximum Gasteiger partial charge on any atom is 0.249 e. The number of halogens is 1. The molecule has 0 bridgehead atoms. The zero-order valence-corrected chi connectivity index (χ0v) is 88.1. The number of amides is 1. The van der Waals surface area contributed by atoms with Crippen molar-refractivity contribution in [2.24, 2.45) is 47.6 Å². The van der Waals surface area contributed by atoms with E-state index in [9.17, 15) is 9.18 Å². The van der Waals surface area contributed by atoms with Crippen LogP contribution in [0.5, 0.6) is 0 Å². The van der Waals surface area contributed by atoms with Crippen LogP contribution in [0.25, 0.3) is 22.4 Å². The number of oxime groups is 3. The van der Waals surface area contributed by atoms with Crippen LogP contribution >= 0.6 is 0 Å². The summed E-state index contributed by atoms with van der Waals surface area (Å²) in [6.07, 6.45) is 0. The Balaban J connectivity index is 0.000000241. The van der Waals surface area contributed by atoms with E-state index in [1.807, 2.05) is 133 Å². The molecule has 2 aliphatic heterocycles. The second-order valence-electron chi connectivity index (χ2n) is 42.7. The summed E-state index contributed by atoms with van der Waals surface area (Å²) in [4.78, 5) is 59.5. The molecule has 25 nitrogen and oxygen atoms in total. The number of rotatable bonds is 13. The molecule has 0 radical (unpaired) electrons. The highest BCUT2D eigenvalue weighted by Gasteiger charge is 2.40. The lowest BCUT2D eigenvalue weighted by Crippen LogP contribution is -2.43. The van der Waals surface area contributed by atoms with E-state index in [1.165, 1.54) is 76.8 Å². The molecule has 0 saturated carbocycles. The van der Waals surface area contributed by atoms with Crippen molar-refractivity contribution in [3.05, 3.63) is 307 Å². The number of hydroxylamine groups is 5. The average molecular weight is 1870 g/mol. The van der Waals surface area contributed by atoms with E-state index in [0.29, 0.717) is 58.9 Å². The molecule has 0 fully saturated rings. The summed E-state index contributed by atoms with van der Waals surface area (Å²) in [5.41, 5.74) is 44.4. The number of anilines is 1. The number of nitrogens with one attached hydrogen (secondary N) is 1. The Kier molecular flexibility index (Phi) is 39.3. The molecule has 13 rings (SSSR count). The van der Waals surface area contributed by atoms with Crippen molar-refractivity contribution in [1.29, 1.82) is 0 Å². The lowest BCUT2D eigenvalue weighted by Gasteiger charge is -2.28. The van der Waals surface area contributed by atoms with Crippen LogP contribution in [0.3, 0.4) is 0 Å². The SMILES string of the molecule is CC(=O)N1OC(C)(C)N=C1c1ccc(C(C)(C)C)cc1.CC(C)(C)c1cc(F)c2c(N)noc2c1.CN=C(N)c1ccc(C(C)(C)C)cc1.CN=C(N)c1ccc(C(C)(C)C)cc1.CO/N=C(\NOC)c1ccc(C(C)(C)C)cc1.CON1C(c2ccc(C(C)(C)C)cc2)=NOC1(C)C.Cc1ccc(CO/N=C(\N)c2ccc(C(C)(C)C)cc2)cc1.Cc1nc(-c2ccc(C(C)(C)C)cc2)no1. The van der Waals surface area contributed by atoms with E-state index in [4.69, 9.17) is 61.0 Å². The molecule has 0 unspecified atom stereocenters. The van der Waals surface area contributed by atoms with Gasteiger partial charge >= 0.3 is 0 Å².